The number of carbonyl (C=O) groups is 1. The van der Waals surface area contributed by atoms with Crippen LogP contribution in [0.25, 0.3) is 0 Å². The highest BCUT2D eigenvalue weighted by atomic mass is 79.9. The molecule has 7 heteroatoms. The molecule has 0 aliphatic carbocycles. The molecular weight excluding hydrogens is 348 g/mol. The highest BCUT2D eigenvalue weighted by molar-refractivity contribution is 9.10. The van der Waals surface area contributed by atoms with Crippen molar-refractivity contribution < 1.29 is 23.4 Å². The fraction of sp³-hybridized carbons (Fsp3) is 0.143. The van der Waals surface area contributed by atoms with Crippen molar-refractivity contribution >= 4 is 21.9 Å². The number of ether oxygens (including phenoxy) is 1. The van der Waals surface area contributed by atoms with Crippen LogP contribution in [0, 0.1) is 0 Å². The van der Waals surface area contributed by atoms with Crippen LogP contribution in [0.4, 0.5) is 8.78 Å². The molecule has 0 spiro atoms. The number of alkyl halides is 2. The highest BCUT2D eigenvalue weighted by Crippen LogP contribution is 2.36. The summed E-state index contributed by atoms with van der Waals surface area (Å²) in [6.07, 6.45) is 0. The molecule has 0 unspecified atom stereocenters. The first-order valence-corrected chi connectivity index (χ1v) is 6.63. The molecule has 0 amide bonds. The van der Waals surface area contributed by atoms with Crippen LogP contribution in [0.1, 0.15) is 23.0 Å². The molecule has 4 nitrogen and oxygen atoms in total. The number of nitrogens with zero attached hydrogens (tertiary/aromatic N) is 1. The van der Waals surface area contributed by atoms with E-state index in [4.69, 9.17) is 9.84 Å². The normalized spacial score (nSPS) is 11.2. The summed E-state index contributed by atoms with van der Waals surface area (Å²) in [5.74, 6) is -4.68. The van der Waals surface area contributed by atoms with Gasteiger partial charge < -0.3 is 9.84 Å². The van der Waals surface area contributed by atoms with Gasteiger partial charge in [0.05, 0.1) is 5.56 Å². The predicted molar refractivity (Wildman–Crippen MR) is 75.0 cm³/mol. The van der Waals surface area contributed by atoms with Crippen LogP contribution in [-0.2, 0) is 5.92 Å². The minimum Gasteiger partial charge on any atom is -0.477 e. The zero-order chi connectivity index (χ0) is 15.6. The maximum atomic E-state index is 13.6. The Morgan fingerprint density at radius 2 is 2.05 bits per heavy atom. The molecule has 0 saturated heterocycles. The molecule has 0 atom stereocenters. The molecule has 1 aromatic carbocycles. The second-order valence-electron chi connectivity index (χ2n) is 4.30. The van der Waals surface area contributed by atoms with Crippen LogP contribution in [0.15, 0.2) is 40.9 Å². The Morgan fingerprint density at radius 3 is 2.62 bits per heavy atom. The lowest BCUT2D eigenvalue weighted by molar-refractivity contribution is 0.0148. The maximum Gasteiger partial charge on any atom is 0.354 e. The average molecular weight is 358 g/mol. The minimum absolute atomic E-state index is 0.268. The van der Waals surface area contributed by atoms with Crippen molar-refractivity contribution in [3.63, 3.8) is 0 Å². The summed E-state index contributed by atoms with van der Waals surface area (Å²) in [5.41, 5.74) is -0.847. The Bertz CT molecular complexity index is 686. The van der Waals surface area contributed by atoms with E-state index in [9.17, 15) is 13.6 Å². The molecule has 0 aliphatic heterocycles. The van der Waals surface area contributed by atoms with E-state index in [2.05, 4.69) is 20.9 Å². The molecule has 21 heavy (non-hydrogen) atoms. The van der Waals surface area contributed by atoms with Gasteiger partial charge in [0.15, 0.2) is 5.69 Å². The van der Waals surface area contributed by atoms with Crippen molar-refractivity contribution in [1.82, 2.24) is 4.98 Å². The Hall–Kier alpha value is -2.02. The van der Waals surface area contributed by atoms with Crippen LogP contribution < -0.4 is 4.74 Å². The monoisotopic (exact) mass is 357 g/mol. The first-order valence-electron chi connectivity index (χ1n) is 5.83. The number of rotatable bonds is 4. The van der Waals surface area contributed by atoms with Gasteiger partial charge in [-0.05, 0) is 30.3 Å². The number of hydrogen-bond acceptors (Lipinski definition) is 3. The van der Waals surface area contributed by atoms with E-state index in [-0.39, 0.29) is 11.4 Å². The number of aromatic nitrogens is 1. The van der Waals surface area contributed by atoms with Gasteiger partial charge in [0.25, 0.3) is 5.92 Å². The number of pyridine rings is 1. The zero-order valence-electron chi connectivity index (χ0n) is 10.8. The molecule has 1 N–H and O–H groups in total. The van der Waals surface area contributed by atoms with E-state index in [0.717, 1.165) is 12.1 Å². The van der Waals surface area contributed by atoms with Crippen molar-refractivity contribution in [3.05, 3.63) is 52.1 Å². The summed E-state index contributed by atoms with van der Waals surface area (Å²) in [5, 5.41) is 8.90. The largest absolute Gasteiger partial charge is 0.477 e. The Morgan fingerprint density at radius 1 is 1.33 bits per heavy atom. The van der Waals surface area contributed by atoms with Crippen molar-refractivity contribution in [1.29, 1.82) is 0 Å². The maximum absolute atomic E-state index is 13.6. The topological polar surface area (TPSA) is 59.4 Å². The molecule has 0 radical (unpaired) electrons. The van der Waals surface area contributed by atoms with Gasteiger partial charge in [0, 0.05) is 11.4 Å². The summed E-state index contributed by atoms with van der Waals surface area (Å²) in [6, 6.07) is 8.53. The number of benzene rings is 1. The lowest BCUT2D eigenvalue weighted by Crippen LogP contribution is -2.12. The smallest absolute Gasteiger partial charge is 0.354 e. The van der Waals surface area contributed by atoms with Crippen molar-refractivity contribution in [3.8, 4) is 11.6 Å². The summed E-state index contributed by atoms with van der Waals surface area (Å²) in [4.78, 5) is 14.6. The Balaban J connectivity index is 2.48. The fourth-order valence-electron chi connectivity index (χ4n) is 1.61. The molecule has 0 bridgehead atoms. The van der Waals surface area contributed by atoms with E-state index in [1.807, 2.05) is 0 Å². The van der Waals surface area contributed by atoms with Gasteiger partial charge >= 0.3 is 5.97 Å². The number of halogens is 3. The molecule has 1 heterocycles. The number of hydrogen-bond donors (Lipinski definition) is 1. The molecular formula is C14H10BrF2NO3. The third-order valence-corrected chi connectivity index (χ3v) is 3.06. The first kappa shape index (κ1) is 15.4. The third-order valence-electron chi connectivity index (χ3n) is 2.56. The van der Waals surface area contributed by atoms with E-state index in [0.29, 0.717) is 11.4 Å². The van der Waals surface area contributed by atoms with E-state index < -0.39 is 23.3 Å². The lowest BCUT2D eigenvalue weighted by atomic mass is 10.1. The summed E-state index contributed by atoms with van der Waals surface area (Å²) < 4.78 is 33.1. The molecule has 0 fully saturated rings. The van der Waals surface area contributed by atoms with E-state index >= 15 is 0 Å². The van der Waals surface area contributed by atoms with Crippen LogP contribution in [0.2, 0.25) is 0 Å². The third kappa shape index (κ3) is 3.75. The highest BCUT2D eigenvalue weighted by Gasteiger charge is 2.30. The Kier molecular flexibility index (Phi) is 4.22. The fourth-order valence-corrected chi connectivity index (χ4v) is 1.99. The van der Waals surface area contributed by atoms with Gasteiger partial charge in [-0.2, -0.15) is 0 Å². The molecule has 2 rings (SSSR count). The average Bonchev–Trinajstić information content (AvgIpc) is 2.37. The van der Waals surface area contributed by atoms with Gasteiger partial charge in [0.1, 0.15) is 5.75 Å². The molecule has 0 aliphatic rings. The zero-order valence-corrected chi connectivity index (χ0v) is 12.4. The minimum atomic E-state index is -3.20. The lowest BCUT2D eigenvalue weighted by Gasteiger charge is -2.15. The van der Waals surface area contributed by atoms with Crippen molar-refractivity contribution in [2.45, 2.75) is 12.8 Å². The van der Waals surface area contributed by atoms with E-state index in [1.165, 1.54) is 0 Å². The molecule has 0 saturated carbocycles. The summed E-state index contributed by atoms with van der Waals surface area (Å²) in [7, 11) is 0. The van der Waals surface area contributed by atoms with Gasteiger partial charge in [-0.3, -0.25) is 0 Å². The molecule has 1 aromatic heterocycles. The van der Waals surface area contributed by atoms with Crippen LogP contribution in [-0.4, -0.2) is 16.1 Å². The summed E-state index contributed by atoms with van der Waals surface area (Å²) >= 11 is 3.23. The number of carboxylic acids is 1. The second kappa shape index (κ2) is 5.77. The molecule has 110 valence electrons. The van der Waals surface area contributed by atoms with E-state index in [1.54, 1.807) is 24.3 Å². The quantitative estimate of drug-likeness (QED) is 0.878. The Labute approximate surface area is 127 Å². The van der Waals surface area contributed by atoms with Crippen LogP contribution in [0.5, 0.6) is 11.6 Å². The standard InChI is InChI=1S/C14H10BrF2NO3/c1-14(16,17)10-5-6-11(13(19)20)18-12(10)21-9-4-2-3-8(15)7-9/h2-7H,1H3,(H,19,20). The van der Waals surface area contributed by atoms with Crippen molar-refractivity contribution in [2.75, 3.05) is 0 Å². The number of aromatic carboxylic acids is 1. The van der Waals surface area contributed by atoms with Crippen molar-refractivity contribution in [2.24, 2.45) is 0 Å². The van der Waals surface area contributed by atoms with Gasteiger partial charge in [0.2, 0.25) is 5.88 Å². The SMILES string of the molecule is CC(F)(F)c1ccc(C(=O)O)nc1Oc1cccc(Br)c1. The predicted octanol–water partition coefficient (Wildman–Crippen LogP) is 4.45. The van der Waals surface area contributed by atoms with Gasteiger partial charge in [-0.25, -0.2) is 18.6 Å². The molecule has 2 aromatic rings. The summed E-state index contributed by atoms with van der Waals surface area (Å²) in [6.45, 7) is 0.693. The number of carboxylic acid groups (broad SMARTS) is 1. The second-order valence-corrected chi connectivity index (χ2v) is 5.22. The first-order chi connectivity index (χ1) is 9.77. The van der Waals surface area contributed by atoms with Crippen LogP contribution in [0.3, 0.4) is 0 Å². The van der Waals surface area contributed by atoms with Gasteiger partial charge in [-0.15, -0.1) is 0 Å². The van der Waals surface area contributed by atoms with Gasteiger partial charge in [-0.1, -0.05) is 22.0 Å². The van der Waals surface area contributed by atoms with Crippen LogP contribution >= 0.6 is 15.9 Å².